The Bertz CT molecular complexity index is 169. The van der Waals surface area contributed by atoms with Gasteiger partial charge in [0.2, 0.25) is 5.96 Å². The van der Waals surface area contributed by atoms with Crippen LogP contribution in [0, 0.1) is 5.41 Å². The van der Waals surface area contributed by atoms with Crippen LogP contribution >= 0.6 is 24.0 Å². The summed E-state index contributed by atoms with van der Waals surface area (Å²) in [6, 6.07) is 0. The highest BCUT2D eigenvalue weighted by Gasteiger charge is 2.10. The average Bonchev–Trinajstić information content (AvgIpc) is 2.56. The highest BCUT2D eigenvalue weighted by molar-refractivity contribution is 14.0. The van der Waals surface area contributed by atoms with Crippen LogP contribution in [-0.2, 0) is 0 Å². The van der Waals surface area contributed by atoms with Gasteiger partial charge in [-0.15, -0.1) is 24.0 Å². The van der Waals surface area contributed by atoms with Crippen LogP contribution in [0.4, 0.5) is 0 Å². The SMILES string of the molecule is I.N=C(N)N(N)CCCN1CCCC1. The van der Waals surface area contributed by atoms with Gasteiger partial charge in [-0.25, -0.2) is 5.84 Å². The lowest BCUT2D eigenvalue weighted by Crippen LogP contribution is -2.43. The summed E-state index contributed by atoms with van der Waals surface area (Å²) in [5.41, 5.74) is 5.20. The van der Waals surface area contributed by atoms with E-state index in [2.05, 4.69) is 4.90 Å². The number of hydrogen-bond donors (Lipinski definition) is 3. The van der Waals surface area contributed by atoms with Crippen molar-refractivity contribution >= 4 is 29.9 Å². The molecule has 5 N–H and O–H groups in total. The number of nitrogens with one attached hydrogen (secondary N) is 1. The first kappa shape index (κ1) is 13.9. The first-order valence-corrected chi connectivity index (χ1v) is 4.79. The van der Waals surface area contributed by atoms with Crippen LogP contribution in [0.5, 0.6) is 0 Å². The molecule has 0 aliphatic carbocycles. The minimum absolute atomic E-state index is 0. The average molecular weight is 313 g/mol. The standard InChI is InChI=1S/C8H19N5.HI/c9-8(10)13(11)7-3-6-12-4-1-2-5-12;/h1-7,11H2,(H3,9,10);1H. The van der Waals surface area contributed by atoms with Gasteiger partial charge in [0.05, 0.1) is 0 Å². The van der Waals surface area contributed by atoms with Crippen molar-refractivity contribution < 1.29 is 0 Å². The summed E-state index contributed by atoms with van der Waals surface area (Å²) in [5.74, 6) is 5.41. The van der Waals surface area contributed by atoms with E-state index in [0.29, 0.717) is 6.54 Å². The van der Waals surface area contributed by atoms with Crippen molar-refractivity contribution in [3.8, 4) is 0 Å². The summed E-state index contributed by atoms with van der Waals surface area (Å²) >= 11 is 0. The van der Waals surface area contributed by atoms with Gasteiger partial charge in [0.15, 0.2) is 0 Å². The van der Waals surface area contributed by atoms with Gasteiger partial charge in [0.25, 0.3) is 0 Å². The zero-order valence-corrected chi connectivity index (χ0v) is 10.7. The van der Waals surface area contributed by atoms with Gasteiger partial charge < -0.3 is 10.6 Å². The number of halogens is 1. The largest absolute Gasteiger partial charge is 0.369 e. The third-order valence-electron chi connectivity index (χ3n) is 2.38. The molecule has 0 bridgehead atoms. The Kier molecular flexibility index (Phi) is 7.20. The zero-order chi connectivity index (χ0) is 9.68. The molecule has 0 aromatic rings. The molecule has 1 heterocycles. The Morgan fingerprint density at radius 3 is 2.43 bits per heavy atom. The second-order valence-corrected chi connectivity index (χ2v) is 3.48. The van der Waals surface area contributed by atoms with Crippen LogP contribution in [-0.4, -0.2) is 42.0 Å². The fourth-order valence-electron chi connectivity index (χ4n) is 1.59. The van der Waals surface area contributed by atoms with Crippen LogP contribution < -0.4 is 11.6 Å². The molecule has 5 nitrogen and oxygen atoms in total. The lowest BCUT2D eigenvalue weighted by molar-refractivity contribution is 0.308. The van der Waals surface area contributed by atoms with Gasteiger partial charge in [-0.05, 0) is 38.9 Å². The Hall–Kier alpha value is -0.0800. The van der Waals surface area contributed by atoms with Crippen LogP contribution in [0.15, 0.2) is 0 Å². The minimum atomic E-state index is -0.0542. The van der Waals surface area contributed by atoms with E-state index in [1.165, 1.54) is 30.9 Å². The molecule has 0 radical (unpaired) electrons. The molecule has 1 aliphatic rings. The van der Waals surface area contributed by atoms with Crippen LogP contribution in [0.1, 0.15) is 19.3 Å². The lowest BCUT2D eigenvalue weighted by atomic mass is 10.4. The van der Waals surface area contributed by atoms with Crippen molar-refractivity contribution in [2.45, 2.75) is 19.3 Å². The second-order valence-electron chi connectivity index (χ2n) is 3.48. The summed E-state index contributed by atoms with van der Waals surface area (Å²) < 4.78 is 0. The number of rotatable bonds is 4. The number of hydrogen-bond acceptors (Lipinski definition) is 3. The van der Waals surface area contributed by atoms with Crippen LogP contribution in [0.3, 0.4) is 0 Å². The quantitative estimate of drug-likeness (QED) is 0.227. The molecule has 0 unspecified atom stereocenters. The van der Waals surface area contributed by atoms with E-state index < -0.39 is 0 Å². The first-order valence-electron chi connectivity index (χ1n) is 4.79. The van der Waals surface area contributed by atoms with E-state index in [1.807, 2.05) is 0 Å². The molecule has 1 saturated heterocycles. The Morgan fingerprint density at radius 1 is 1.36 bits per heavy atom. The predicted molar refractivity (Wildman–Crippen MR) is 68.5 cm³/mol. The molecule has 14 heavy (non-hydrogen) atoms. The van der Waals surface area contributed by atoms with Crippen molar-refractivity contribution in [3.63, 3.8) is 0 Å². The van der Waals surface area contributed by atoms with Gasteiger partial charge in [0, 0.05) is 6.54 Å². The highest BCUT2D eigenvalue weighted by atomic mass is 127. The molecule has 0 spiro atoms. The maximum atomic E-state index is 7.05. The fraction of sp³-hybridized carbons (Fsp3) is 0.875. The maximum Gasteiger partial charge on any atom is 0.202 e. The molecular formula is C8H20IN5. The summed E-state index contributed by atoms with van der Waals surface area (Å²) in [7, 11) is 0. The third kappa shape index (κ3) is 4.97. The molecular weight excluding hydrogens is 293 g/mol. The van der Waals surface area contributed by atoms with E-state index in [4.69, 9.17) is 17.0 Å². The molecule has 1 rings (SSSR count). The normalized spacial score (nSPS) is 16.4. The van der Waals surface area contributed by atoms with Crippen molar-refractivity contribution in [2.24, 2.45) is 11.6 Å². The summed E-state index contributed by atoms with van der Waals surface area (Å²) in [6.07, 6.45) is 3.62. The van der Waals surface area contributed by atoms with Gasteiger partial charge in [-0.1, -0.05) is 0 Å². The molecule has 0 aromatic carbocycles. The van der Waals surface area contributed by atoms with Crippen LogP contribution in [0.25, 0.3) is 0 Å². The molecule has 1 fully saturated rings. The topological polar surface area (TPSA) is 82.4 Å². The molecule has 1 aliphatic heterocycles. The zero-order valence-electron chi connectivity index (χ0n) is 8.41. The Morgan fingerprint density at radius 2 is 1.93 bits per heavy atom. The lowest BCUT2D eigenvalue weighted by Gasteiger charge is -2.18. The van der Waals surface area contributed by atoms with Crippen molar-refractivity contribution in [2.75, 3.05) is 26.2 Å². The van der Waals surface area contributed by atoms with Crippen molar-refractivity contribution in [3.05, 3.63) is 0 Å². The molecule has 0 saturated carbocycles. The molecule has 6 heteroatoms. The van der Waals surface area contributed by atoms with E-state index >= 15 is 0 Å². The second kappa shape index (κ2) is 7.24. The molecule has 0 amide bonds. The fourth-order valence-corrected chi connectivity index (χ4v) is 1.59. The summed E-state index contributed by atoms with van der Waals surface area (Å²) in [6.45, 7) is 4.17. The van der Waals surface area contributed by atoms with Crippen molar-refractivity contribution in [1.82, 2.24) is 9.91 Å². The summed E-state index contributed by atoms with van der Waals surface area (Å²) in [5, 5.41) is 8.34. The Labute approximate surface area is 102 Å². The molecule has 0 aromatic heterocycles. The van der Waals surface area contributed by atoms with Crippen molar-refractivity contribution in [1.29, 1.82) is 5.41 Å². The van der Waals surface area contributed by atoms with E-state index in [1.54, 1.807) is 0 Å². The van der Waals surface area contributed by atoms with Gasteiger partial charge in [0.1, 0.15) is 0 Å². The number of guanidine groups is 1. The molecule has 0 atom stereocenters. The highest BCUT2D eigenvalue weighted by Crippen LogP contribution is 2.07. The smallest absolute Gasteiger partial charge is 0.202 e. The first-order chi connectivity index (χ1) is 6.20. The third-order valence-corrected chi connectivity index (χ3v) is 2.38. The van der Waals surface area contributed by atoms with Crippen LogP contribution in [0.2, 0.25) is 0 Å². The van der Waals surface area contributed by atoms with Gasteiger partial charge in [-0.3, -0.25) is 10.4 Å². The minimum Gasteiger partial charge on any atom is -0.369 e. The Balaban J connectivity index is 0.00000169. The predicted octanol–water partition coefficient (Wildman–Crippen LogP) is 0.159. The van der Waals surface area contributed by atoms with E-state index in [0.717, 1.165) is 13.0 Å². The van der Waals surface area contributed by atoms with Gasteiger partial charge in [-0.2, -0.15) is 0 Å². The van der Waals surface area contributed by atoms with E-state index in [-0.39, 0.29) is 29.9 Å². The van der Waals surface area contributed by atoms with Gasteiger partial charge >= 0.3 is 0 Å². The number of nitrogens with two attached hydrogens (primary N) is 2. The summed E-state index contributed by atoms with van der Waals surface area (Å²) in [4.78, 5) is 2.42. The monoisotopic (exact) mass is 313 g/mol. The number of nitrogens with zero attached hydrogens (tertiary/aromatic N) is 2. The number of likely N-dealkylation sites (tertiary alicyclic amines) is 1. The van der Waals surface area contributed by atoms with E-state index in [9.17, 15) is 0 Å². The number of hydrazine groups is 1. The molecule has 84 valence electrons. The maximum absolute atomic E-state index is 7.05.